The van der Waals surface area contributed by atoms with E-state index in [0.29, 0.717) is 17.4 Å². The molecular weight excluding hydrogens is 280 g/mol. The van der Waals surface area contributed by atoms with Crippen LogP contribution in [0, 0.1) is 5.41 Å². The van der Waals surface area contributed by atoms with Crippen LogP contribution in [0.4, 0.5) is 0 Å². The maximum Gasteiger partial charge on any atom is 0.157 e. The van der Waals surface area contributed by atoms with E-state index in [2.05, 4.69) is 61.4 Å². The van der Waals surface area contributed by atoms with Crippen LogP contribution in [0.3, 0.4) is 0 Å². The van der Waals surface area contributed by atoms with Gasteiger partial charge in [0.05, 0.1) is 17.9 Å². The first kappa shape index (κ1) is 14.9. The Balaban J connectivity index is 1.54. The van der Waals surface area contributed by atoms with Gasteiger partial charge in [0, 0.05) is 18.1 Å². The molecular formula is C17H24N2OS. The van der Waals surface area contributed by atoms with Crippen molar-refractivity contribution in [2.45, 2.75) is 44.6 Å². The number of rotatable bonds is 4. The summed E-state index contributed by atoms with van der Waals surface area (Å²) in [5.74, 6) is 0. The Kier molecular flexibility index (Phi) is 4.27. The molecule has 2 aliphatic rings. The lowest BCUT2D eigenvalue weighted by Gasteiger charge is -2.51. The van der Waals surface area contributed by atoms with E-state index in [0.717, 1.165) is 24.7 Å². The van der Waals surface area contributed by atoms with E-state index in [9.17, 15) is 0 Å². The first-order valence-electron chi connectivity index (χ1n) is 7.75. The van der Waals surface area contributed by atoms with E-state index in [1.54, 1.807) is 0 Å². The third kappa shape index (κ3) is 2.97. The molecule has 1 aliphatic heterocycles. The number of hydrogen-bond acceptors (Lipinski definition) is 4. The van der Waals surface area contributed by atoms with Gasteiger partial charge in [-0.15, -0.1) is 0 Å². The van der Waals surface area contributed by atoms with E-state index in [4.69, 9.17) is 4.74 Å². The van der Waals surface area contributed by atoms with Gasteiger partial charge in [-0.2, -0.15) is 0 Å². The topological polar surface area (TPSA) is 33.6 Å². The number of nitrogens with zero attached hydrogens (tertiary/aromatic N) is 1. The highest BCUT2D eigenvalue weighted by Gasteiger charge is 2.49. The first-order chi connectivity index (χ1) is 10.1. The Morgan fingerprint density at radius 3 is 2.76 bits per heavy atom. The summed E-state index contributed by atoms with van der Waals surface area (Å²) in [7, 11) is 0. The number of nitrogens with one attached hydrogen (secondary N) is 1. The van der Waals surface area contributed by atoms with E-state index < -0.39 is 0 Å². The zero-order valence-corrected chi connectivity index (χ0v) is 13.8. The summed E-state index contributed by atoms with van der Waals surface area (Å²) >= 11 is 1.85. The number of thioether (sulfide) groups is 1. The molecule has 1 saturated carbocycles. The molecule has 0 saturated heterocycles. The lowest BCUT2D eigenvalue weighted by Crippen LogP contribution is -2.61. The highest BCUT2D eigenvalue weighted by molar-refractivity contribution is 8.14. The Morgan fingerprint density at radius 1 is 1.33 bits per heavy atom. The molecule has 114 valence electrons. The molecule has 0 amide bonds. The van der Waals surface area contributed by atoms with Gasteiger partial charge in [-0.25, -0.2) is 0 Å². The summed E-state index contributed by atoms with van der Waals surface area (Å²) in [6.45, 7) is 8.30. The number of ether oxygens (including phenoxy) is 1. The second-order valence-corrected chi connectivity index (χ2v) is 7.55. The van der Waals surface area contributed by atoms with Crippen LogP contribution >= 0.6 is 11.8 Å². The molecule has 1 heterocycles. The van der Waals surface area contributed by atoms with Gasteiger partial charge in [-0.05, 0) is 18.9 Å². The molecule has 1 aliphatic carbocycles. The second-order valence-electron chi connectivity index (χ2n) is 6.36. The predicted octanol–water partition coefficient (Wildman–Crippen LogP) is 3.62. The molecule has 0 aromatic heterocycles. The molecule has 1 aromatic carbocycles. The van der Waals surface area contributed by atoms with Gasteiger partial charge in [-0.1, -0.05) is 55.9 Å². The van der Waals surface area contributed by atoms with E-state index in [1.165, 1.54) is 5.56 Å². The standard InChI is InChI=1S/C17H24N2OS/c1-4-20-15-10-14(17(15,2)3)19-16-18-11-13(21-16)12-8-6-5-7-9-12/h5-9,13-15H,4,10-11H2,1-3H3,(H,18,19). The lowest BCUT2D eigenvalue weighted by atomic mass is 9.64. The maximum atomic E-state index is 5.79. The fourth-order valence-corrected chi connectivity index (χ4v) is 4.13. The summed E-state index contributed by atoms with van der Waals surface area (Å²) in [4.78, 5) is 4.68. The van der Waals surface area contributed by atoms with Crippen molar-refractivity contribution in [2.75, 3.05) is 13.2 Å². The van der Waals surface area contributed by atoms with Gasteiger partial charge in [0.25, 0.3) is 0 Å². The zero-order chi connectivity index (χ0) is 14.9. The minimum Gasteiger partial charge on any atom is -0.378 e. The summed E-state index contributed by atoms with van der Waals surface area (Å²) < 4.78 is 5.79. The summed E-state index contributed by atoms with van der Waals surface area (Å²) in [5.41, 5.74) is 1.55. The Bertz CT molecular complexity index is 515. The first-order valence-corrected chi connectivity index (χ1v) is 8.63. The van der Waals surface area contributed by atoms with Crippen molar-refractivity contribution in [3.05, 3.63) is 35.9 Å². The second kappa shape index (κ2) is 6.01. The van der Waals surface area contributed by atoms with Crippen molar-refractivity contribution >= 4 is 16.9 Å². The molecule has 1 aromatic rings. The van der Waals surface area contributed by atoms with Crippen LogP contribution in [0.5, 0.6) is 0 Å². The Hall–Kier alpha value is -1.00. The number of aliphatic imine (C=N–C) groups is 1. The van der Waals surface area contributed by atoms with Gasteiger partial charge >= 0.3 is 0 Å². The van der Waals surface area contributed by atoms with Crippen molar-refractivity contribution in [1.82, 2.24) is 5.32 Å². The van der Waals surface area contributed by atoms with Crippen LogP contribution in [-0.2, 0) is 4.74 Å². The Morgan fingerprint density at radius 2 is 2.10 bits per heavy atom. The molecule has 0 bridgehead atoms. The normalized spacial score (nSPS) is 30.6. The molecule has 3 atom stereocenters. The third-order valence-electron chi connectivity index (χ3n) is 4.67. The average molecular weight is 304 g/mol. The molecule has 4 heteroatoms. The SMILES string of the molecule is CCOC1CC(NC2=NCC(c3ccccc3)S2)C1(C)C. The van der Waals surface area contributed by atoms with E-state index >= 15 is 0 Å². The highest BCUT2D eigenvalue weighted by Crippen LogP contribution is 2.44. The van der Waals surface area contributed by atoms with Crippen LogP contribution < -0.4 is 5.32 Å². The maximum absolute atomic E-state index is 5.79. The van der Waals surface area contributed by atoms with Crippen molar-refractivity contribution in [1.29, 1.82) is 0 Å². The quantitative estimate of drug-likeness (QED) is 0.922. The molecule has 3 unspecified atom stereocenters. The van der Waals surface area contributed by atoms with Crippen LogP contribution in [0.15, 0.2) is 35.3 Å². The molecule has 3 rings (SSSR count). The van der Waals surface area contributed by atoms with Crippen LogP contribution in [0.2, 0.25) is 0 Å². The number of benzene rings is 1. The zero-order valence-electron chi connectivity index (χ0n) is 13.0. The van der Waals surface area contributed by atoms with Gasteiger partial charge in [0.1, 0.15) is 0 Å². The fourth-order valence-electron chi connectivity index (χ4n) is 3.06. The van der Waals surface area contributed by atoms with E-state index in [1.807, 2.05) is 11.8 Å². The highest BCUT2D eigenvalue weighted by atomic mass is 32.2. The third-order valence-corrected chi connectivity index (χ3v) is 5.85. The van der Waals surface area contributed by atoms with Crippen molar-refractivity contribution in [3.63, 3.8) is 0 Å². The van der Waals surface area contributed by atoms with Gasteiger partial charge in [0.15, 0.2) is 5.17 Å². The molecule has 1 N–H and O–H groups in total. The van der Waals surface area contributed by atoms with E-state index in [-0.39, 0.29) is 5.41 Å². The largest absolute Gasteiger partial charge is 0.378 e. The van der Waals surface area contributed by atoms with Crippen LogP contribution in [0.1, 0.15) is 38.0 Å². The molecule has 21 heavy (non-hydrogen) atoms. The van der Waals surface area contributed by atoms with Gasteiger partial charge in [-0.3, -0.25) is 4.99 Å². The monoisotopic (exact) mass is 304 g/mol. The molecule has 1 fully saturated rings. The lowest BCUT2D eigenvalue weighted by molar-refractivity contribution is -0.109. The summed E-state index contributed by atoms with van der Waals surface area (Å²) in [6, 6.07) is 11.1. The van der Waals surface area contributed by atoms with Crippen molar-refractivity contribution in [3.8, 4) is 0 Å². The number of amidine groups is 1. The van der Waals surface area contributed by atoms with Crippen LogP contribution in [0.25, 0.3) is 0 Å². The fraction of sp³-hybridized carbons (Fsp3) is 0.588. The molecule has 0 spiro atoms. The summed E-state index contributed by atoms with van der Waals surface area (Å²) in [5, 5.41) is 5.18. The minimum atomic E-state index is 0.184. The molecule has 3 nitrogen and oxygen atoms in total. The summed E-state index contributed by atoms with van der Waals surface area (Å²) in [6.07, 6.45) is 1.45. The Labute approximate surface area is 131 Å². The van der Waals surface area contributed by atoms with Crippen molar-refractivity contribution in [2.24, 2.45) is 10.4 Å². The van der Waals surface area contributed by atoms with Gasteiger partial charge in [0.2, 0.25) is 0 Å². The van der Waals surface area contributed by atoms with Gasteiger partial charge < -0.3 is 10.1 Å². The van der Waals surface area contributed by atoms with Crippen LogP contribution in [-0.4, -0.2) is 30.5 Å². The van der Waals surface area contributed by atoms with Crippen molar-refractivity contribution < 1.29 is 4.74 Å². The smallest absolute Gasteiger partial charge is 0.157 e. The minimum absolute atomic E-state index is 0.184. The average Bonchev–Trinajstić information content (AvgIpc) is 2.96. The number of hydrogen-bond donors (Lipinski definition) is 1. The molecule has 0 radical (unpaired) electrons. The predicted molar refractivity (Wildman–Crippen MR) is 89.8 cm³/mol.